The number of Topliss-reactive ketones (excluding diaryl/α,β-unsaturated/α-hetero) is 1. The summed E-state index contributed by atoms with van der Waals surface area (Å²) in [6.45, 7) is 1.35. The molecule has 0 saturated carbocycles. The number of hydrogen-bond acceptors (Lipinski definition) is 2. The minimum absolute atomic E-state index is 0.210. The smallest absolute Gasteiger partial charge is 0.162 e. The van der Waals surface area contributed by atoms with E-state index in [4.69, 9.17) is 23.2 Å². The lowest BCUT2D eigenvalue weighted by Gasteiger charge is -2.03. The van der Waals surface area contributed by atoms with Crippen LogP contribution in [0.5, 0.6) is 0 Å². The zero-order valence-electron chi connectivity index (χ0n) is 6.80. The van der Waals surface area contributed by atoms with Crippen LogP contribution in [-0.2, 0) is 0 Å². The van der Waals surface area contributed by atoms with E-state index >= 15 is 0 Å². The van der Waals surface area contributed by atoms with Crippen molar-refractivity contribution >= 4 is 35.3 Å². The van der Waals surface area contributed by atoms with E-state index in [1.165, 1.54) is 19.1 Å². The molecule has 0 bridgehead atoms. The maximum Gasteiger partial charge on any atom is 0.162 e. The lowest BCUT2D eigenvalue weighted by atomic mass is 10.1. The molecule has 0 amide bonds. The van der Waals surface area contributed by atoms with Gasteiger partial charge in [0.1, 0.15) is 0 Å². The van der Waals surface area contributed by atoms with Crippen molar-refractivity contribution in [3.05, 3.63) is 33.3 Å². The number of aldehydes is 1. The first-order chi connectivity index (χ1) is 6.06. The third-order valence-electron chi connectivity index (χ3n) is 1.56. The first-order valence-electron chi connectivity index (χ1n) is 3.51. The molecular weight excluding hydrogens is 211 g/mol. The third kappa shape index (κ3) is 2.08. The molecule has 0 aliphatic rings. The lowest BCUT2D eigenvalue weighted by molar-refractivity contribution is 0.101. The zero-order chi connectivity index (χ0) is 10.0. The maximum atomic E-state index is 11.1. The molecule has 0 fully saturated rings. The highest BCUT2D eigenvalue weighted by Gasteiger charge is 2.12. The Labute approximate surface area is 85.5 Å². The van der Waals surface area contributed by atoms with Crippen LogP contribution in [0.15, 0.2) is 12.1 Å². The Balaban J connectivity index is 3.47. The van der Waals surface area contributed by atoms with Gasteiger partial charge in [-0.25, -0.2) is 0 Å². The van der Waals surface area contributed by atoms with E-state index in [0.29, 0.717) is 11.3 Å². The van der Waals surface area contributed by atoms with Crippen molar-refractivity contribution in [1.82, 2.24) is 0 Å². The quantitative estimate of drug-likeness (QED) is 0.563. The molecule has 0 radical (unpaired) electrons. The maximum absolute atomic E-state index is 11.1. The molecule has 4 heteroatoms. The fourth-order valence-electron chi connectivity index (χ4n) is 1.06. The molecule has 0 atom stereocenters. The molecule has 0 spiro atoms. The van der Waals surface area contributed by atoms with Gasteiger partial charge >= 0.3 is 0 Å². The molecule has 0 aromatic heterocycles. The Kier molecular flexibility index (Phi) is 3.07. The summed E-state index contributed by atoms with van der Waals surface area (Å²) < 4.78 is 0. The Morgan fingerprint density at radius 3 is 2.46 bits per heavy atom. The molecule has 0 aliphatic carbocycles. The molecule has 0 heterocycles. The Bertz CT molecular complexity index is 372. The van der Waals surface area contributed by atoms with E-state index in [9.17, 15) is 9.59 Å². The second-order valence-corrected chi connectivity index (χ2v) is 3.37. The van der Waals surface area contributed by atoms with Crippen molar-refractivity contribution < 1.29 is 9.59 Å². The number of hydrogen-bond donors (Lipinski definition) is 0. The Hall–Kier alpha value is -0.860. The molecule has 0 N–H and O–H groups in total. The van der Waals surface area contributed by atoms with Gasteiger partial charge in [0.05, 0.1) is 5.02 Å². The van der Waals surface area contributed by atoms with Crippen LogP contribution in [0.4, 0.5) is 0 Å². The molecule has 68 valence electrons. The number of carbonyl (C=O) groups excluding carboxylic acids is 2. The number of carbonyl (C=O) groups is 2. The van der Waals surface area contributed by atoms with Crippen LogP contribution in [0.2, 0.25) is 10.0 Å². The second-order valence-electron chi connectivity index (χ2n) is 2.53. The number of ketones is 1. The topological polar surface area (TPSA) is 34.1 Å². The molecule has 1 aromatic carbocycles. The van der Waals surface area contributed by atoms with Gasteiger partial charge in [-0.15, -0.1) is 0 Å². The van der Waals surface area contributed by atoms with Crippen molar-refractivity contribution in [3.8, 4) is 0 Å². The molecule has 0 aliphatic heterocycles. The van der Waals surface area contributed by atoms with E-state index in [2.05, 4.69) is 0 Å². The SMILES string of the molecule is CC(=O)c1c(Cl)cc(Cl)cc1C=O. The average Bonchev–Trinajstić information content (AvgIpc) is 2.01. The predicted molar refractivity (Wildman–Crippen MR) is 51.9 cm³/mol. The number of rotatable bonds is 2. The van der Waals surface area contributed by atoms with Gasteiger partial charge in [-0.05, 0) is 19.1 Å². The van der Waals surface area contributed by atoms with E-state index in [0.717, 1.165) is 0 Å². The second kappa shape index (κ2) is 3.90. The fourth-order valence-corrected chi connectivity index (χ4v) is 1.70. The van der Waals surface area contributed by atoms with Crippen LogP contribution < -0.4 is 0 Å². The molecule has 0 saturated heterocycles. The first-order valence-corrected chi connectivity index (χ1v) is 4.27. The summed E-state index contributed by atoms with van der Waals surface area (Å²) in [6, 6.07) is 2.85. The van der Waals surface area contributed by atoms with Crippen molar-refractivity contribution in [2.24, 2.45) is 0 Å². The van der Waals surface area contributed by atoms with Crippen LogP contribution in [0.25, 0.3) is 0 Å². The van der Waals surface area contributed by atoms with Crippen LogP contribution >= 0.6 is 23.2 Å². The molecule has 1 aromatic rings. The van der Waals surface area contributed by atoms with Gasteiger partial charge < -0.3 is 0 Å². The van der Waals surface area contributed by atoms with Gasteiger partial charge in [0.25, 0.3) is 0 Å². The molecule has 0 unspecified atom stereocenters. The highest BCUT2D eigenvalue weighted by Crippen LogP contribution is 2.24. The summed E-state index contributed by atoms with van der Waals surface area (Å²) in [7, 11) is 0. The van der Waals surface area contributed by atoms with Gasteiger partial charge in [0, 0.05) is 16.1 Å². The summed E-state index contributed by atoms with van der Waals surface area (Å²) in [5, 5.41) is 0.555. The van der Waals surface area contributed by atoms with Crippen LogP contribution in [-0.4, -0.2) is 12.1 Å². The van der Waals surface area contributed by atoms with E-state index in [-0.39, 0.29) is 21.9 Å². The Morgan fingerprint density at radius 1 is 1.38 bits per heavy atom. The van der Waals surface area contributed by atoms with Crippen molar-refractivity contribution in [3.63, 3.8) is 0 Å². The summed E-state index contributed by atoms with van der Waals surface area (Å²) in [4.78, 5) is 21.6. The minimum atomic E-state index is -0.247. The number of benzene rings is 1. The summed E-state index contributed by atoms with van der Waals surface area (Å²) in [5.74, 6) is -0.247. The summed E-state index contributed by atoms with van der Waals surface area (Å²) in [6.07, 6.45) is 0.564. The van der Waals surface area contributed by atoms with Crippen molar-refractivity contribution in [2.75, 3.05) is 0 Å². The highest BCUT2D eigenvalue weighted by atomic mass is 35.5. The standard InChI is InChI=1S/C9H6Cl2O2/c1-5(13)9-6(4-12)2-7(10)3-8(9)11/h2-4H,1H3. The van der Waals surface area contributed by atoms with E-state index in [1.54, 1.807) is 0 Å². The van der Waals surface area contributed by atoms with E-state index < -0.39 is 0 Å². The Morgan fingerprint density at radius 2 is 2.00 bits per heavy atom. The fraction of sp³-hybridized carbons (Fsp3) is 0.111. The van der Waals surface area contributed by atoms with Gasteiger partial charge in [-0.2, -0.15) is 0 Å². The predicted octanol–water partition coefficient (Wildman–Crippen LogP) is 3.01. The van der Waals surface area contributed by atoms with Gasteiger partial charge in [-0.1, -0.05) is 23.2 Å². The third-order valence-corrected chi connectivity index (χ3v) is 2.08. The lowest BCUT2D eigenvalue weighted by Crippen LogP contribution is -1.99. The number of halogens is 2. The normalized spacial score (nSPS) is 9.77. The molecular formula is C9H6Cl2O2. The molecule has 2 nitrogen and oxygen atoms in total. The van der Waals surface area contributed by atoms with E-state index in [1.807, 2.05) is 0 Å². The molecule has 13 heavy (non-hydrogen) atoms. The summed E-state index contributed by atoms with van der Waals surface area (Å²) in [5.41, 5.74) is 0.450. The zero-order valence-corrected chi connectivity index (χ0v) is 8.32. The largest absolute Gasteiger partial charge is 0.298 e. The minimum Gasteiger partial charge on any atom is -0.298 e. The summed E-state index contributed by atoms with van der Waals surface area (Å²) >= 11 is 11.4. The van der Waals surface area contributed by atoms with Crippen LogP contribution in [0.1, 0.15) is 27.6 Å². The van der Waals surface area contributed by atoms with Crippen LogP contribution in [0.3, 0.4) is 0 Å². The highest BCUT2D eigenvalue weighted by molar-refractivity contribution is 6.37. The average molecular weight is 217 g/mol. The van der Waals surface area contributed by atoms with Gasteiger partial charge in [0.2, 0.25) is 0 Å². The van der Waals surface area contributed by atoms with Crippen molar-refractivity contribution in [2.45, 2.75) is 6.92 Å². The molecule has 1 rings (SSSR count). The van der Waals surface area contributed by atoms with Gasteiger partial charge in [0.15, 0.2) is 12.1 Å². The van der Waals surface area contributed by atoms with Crippen molar-refractivity contribution in [1.29, 1.82) is 0 Å². The monoisotopic (exact) mass is 216 g/mol. The van der Waals surface area contributed by atoms with Crippen LogP contribution in [0, 0.1) is 0 Å². The first kappa shape index (κ1) is 10.2. The van der Waals surface area contributed by atoms with Gasteiger partial charge in [-0.3, -0.25) is 9.59 Å².